The first-order chi connectivity index (χ1) is 14.6. The second-order valence-corrected chi connectivity index (χ2v) is 7.37. The maximum Gasteiger partial charge on any atom is 0.433 e. The van der Waals surface area contributed by atoms with Crippen LogP contribution >= 0.6 is 11.6 Å². The molecule has 1 aromatic carbocycles. The number of rotatable bonds is 4. The van der Waals surface area contributed by atoms with E-state index in [0.717, 1.165) is 11.8 Å². The van der Waals surface area contributed by atoms with Gasteiger partial charge >= 0.3 is 6.18 Å². The van der Waals surface area contributed by atoms with Crippen molar-refractivity contribution in [2.24, 2.45) is 7.05 Å². The molecule has 0 saturated carbocycles. The summed E-state index contributed by atoms with van der Waals surface area (Å²) in [6.45, 7) is 0.221. The number of halogens is 4. The predicted octanol–water partition coefficient (Wildman–Crippen LogP) is 4.07. The van der Waals surface area contributed by atoms with Crippen molar-refractivity contribution in [3.63, 3.8) is 0 Å². The summed E-state index contributed by atoms with van der Waals surface area (Å²) in [5, 5.41) is 8.39. The van der Waals surface area contributed by atoms with Crippen molar-refractivity contribution in [3.8, 4) is 11.3 Å². The third kappa shape index (κ3) is 4.11. The number of hydrogen-bond donors (Lipinski definition) is 0. The molecule has 0 bridgehead atoms. The zero-order valence-corrected chi connectivity index (χ0v) is 17.2. The van der Waals surface area contributed by atoms with E-state index in [-0.39, 0.29) is 23.6 Å². The first kappa shape index (κ1) is 20.9. The number of alkyl halides is 3. The van der Waals surface area contributed by atoms with Gasteiger partial charge in [-0.2, -0.15) is 23.4 Å². The Bertz CT molecular complexity index is 1260. The summed E-state index contributed by atoms with van der Waals surface area (Å²) in [5.74, 6) is -0.534. The second-order valence-electron chi connectivity index (χ2n) is 6.94. The van der Waals surface area contributed by atoms with Crippen molar-refractivity contribution in [1.29, 1.82) is 0 Å². The molecule has 4 rings (SSSR count). The molecule has 0 aliphatic heterocycles. The highest BCUT2D eigenvalue weighted by Gasteiger charge is 2.36. The van der Waals surface area contributed by atoms with Crippen LogP contribution in [0.5, 0.6) is 0 Å². The van der Waals surface area contributed by atoms with Crippen molar-refractivity contribution in [3.05, 3.63) is 70.8 Å². The molecule has 1 amide bonds. The van der Waals surface area contributed by atoms with Crippen molar-refractivity contribution in [2.45, 2.75) is 12.7 Å². The van der Waals surface area contributed by atoms with Crippen molar-refractivity contribution in [1.82, 2.24) is 29.3 Å². The second kappa shape index (κ2) is 7.69. The van der Waals surface area contributed by atoms with Crippen molar-refractivity contribution in [2.75, 3.05) is 7.05 Å². The number of fused-ring (bicyclic) bond motifs is 1. The minimum Gasteiger partial charge on any atom is -0.334 e. The van der Waals surface area contributed by atoms with E-state index in [4.69, 9.17) is 11.6 Å². The summed E-state index contributed by atoms with van der Waals surface area (Å²) in [5.41, 5.74) is 0.0564. The average molecular weight is 449 g/mol. The molecule has 7 nitrogen and oxygen atoms in total. The summed E-state index contributed by atoms with van der Waals surface area (Å²) in [4.78, 5) is 18.4. The Balaban J connectivity index is 1.75. The van der Waals surface area contributed by atoms with E-state index in [1.807, 2.05) is 0 Å². The van der Waals surface area contributed by atoms with Gasteiger partial charge in [-0.15, -0.1) is 0 Å². The average Bonchev–Trinajstić information content (AvgIpc) is 3.32. The van der Waals surface area contributed by atoms with Gasteiger partial charge in [-0.3, -0.25) is 9.48 Å². The lowest BCUT2D eigenvalue weighted by Crippen LogP contribution is -2.27. The van der Waals surface area contributed by atoms with Crippen LogP contribution in [0.1, 0.15) is 21.9 Å². The fourth-order valence-electron chi connectivity index (χ4n) is 3.12. The Kier molecular flexibility index (Phi) is 5.18. The van der Waals surface area contributed by atoms with Crippen LogP contribution in [-0.4, -0.2) is 42.2 Å². The maximum absolute atomic E-state index is 13.7. The van der Waals surface area contributed by atoms with Crippen LogP contribution in [0.2, 0.25) is 5.02 Å². The van der Waals surface area contributed by atoms with Crippen LogP contribution in [-0.2, 0) is 19.8 Å². The first-order valence-electron chi connectivity index (χ1n) is 9.10. The monoisotopic (exact) mass is 448 g/mol. The van der Waals surface area contributed by atoms with Gasteiger partial charge in [0.1, 0.15) is 0 Å². The van der Waals surface area contributed by atoms with Gasteiger partial charge in [0.05, 0.1) is 17.9 Å². The summed E-state index contributed by atoms with van der Waals surface area (Å²) in [7, 11) is 3.27. The van der Waals surface area contributed by atoms with Gasteiger partial charge in [0.2, 0.25) is 0 Å². The van der Waals surface area contributed by atoms with Crippen molar-refractivity contribution >= 4 is 23.2 Å². The van der Waals surface area contributed by atoms with E-state index in [0.29, 0.717) is 15.1 Å². The lowest BCUT2D eigenvalue weighted by molar-refractivity contribution is -0.142. The summed E-state index contributed by atoms with van der Waals surface area (Å²) < 4.78 is 43.4. The van der Waals surface area contributed by atoms with Crippen LogP contribution in [0, 0.1) is 0 Å². The normalized spacial score (nSPS) is 11.8. The maximum atomic E-state index is 13.7. The Morgan fingerprint density at radius 3 is 2.48 bits per heavy atom. The Morgan fingerprint density at radius 1 is 1.16 bits per heavy atom. The van der Waals surface area contributed by atoms with Gasteiger partial charge in [-0.05, 0) is 24.3 Å². The number of carbonyl (C=O) groups is 1. The molecule has 0 atom stereocenters. The third-order valence-corrected chi connectivity index (χ3v) is 5.00. The molecule has 0 fully saturated rings. The highest BCUT2D eigenvalue weighted by molar-refractivity contribution is 6.30. The zero-order chi connectivity index (χ0) is 22.3. The van der Waals surface area contributed by atoms with Crippen LogP contribution in [0.15, 0.2) is 48.7 Å². The molecule has 0 aliphatic rings. The van der Waals surface area contributed by atoms with Crippen LogP contribution in [0.25, 0.3) is 16.9 Å². The standard InChI is InChI=1S/C20H16ClF3N6O/c1-28(11-14-7-8-25-29(14)2)19(31)16-10-18-26-15(12-3-5-13(21)6-4-12)9-17(20(22,23)24)30(18)27-16/h3-10H,11H2,1-2H3. The number of carbonyl (C=O) groups excluding carboxylic acids is 1. The Hall–Kier alpha value is -3.40. The topological polar surface area (TPSA) is 68.3 Å². The Morgan fingerprint density at radius 2 is 1.87 bits per heavy atom. The van der Waals surface area contributed by atoms with Crippen LogP contribution < -0.4 is 0 Å². The lowest BCUT2D eigenvalue weighted by atomic mass is 10.1. The summed E-state index contributed by atoms with van der Waals surface area (Å²) >= 11 is 5.86. The van der Waals surface area contributed by atoms with Crippen LogP contribution in [0.4, 0.5) is 13.2 Å². The molecule has 0 unspecified atom stereocenters. The summed E-state index contributed by atoms with van der Waals surface area (Å²) in [6.07, 6.45) is -3.11. The number of amides is 1. The molecule has 3 aromatic heterocycles. The van der Waals surface area contributed by atoms with E-state index in [2.05, 4.69) is 15.2 Å². The molecule has 160 valence electrons. The minimum atomic E-state index is -4.70. The number of hydrogen-bond acceptors (Lipinski definition) is 4. The number of nitrogens with zero attached hydrogens (tertiary/aromatic N) is 6. The SMILES string of the molecule is CN(Cc1ccnn1C)C(=O)c1cc2nc(-c3ccc(Cl)cc3)cc(C(F)(F)F)n2n1. The van der Waals surface area contributed by atoms with Gasteiger partial charge in [-0.1, -0.05) is 23.7 Å². The molecule has 4 aromatic rings. The first-order valence-corrected chi connectivity index (χ1v) is 9.47. The molecule has 3 heterocycles. The fraction of sp³-hybridized carbons (Fsp3) is 0.200. The minimum absolute atomic E-state index is 0.0861. The van der Waals surface area contributed by atoms with Gasteiger partial charge < -0.3 is 4.90 Å². The third-order valence-electron chi connectivity index (χ3n) is 4.75. The van der Waals surface area contributed by atoms with Gasteiger partial charge in [0.15, 0.2) is 17.0 Å². The van der Waals surface area contributed by atoms with Gasteiger partial charge in [-0.25, -0.2) is 9.50 Å². The van der Waals surface area contributed by atoms with Gasteiger partial charge in [0.25, 0.3) is 5.91 Å². The molecular weight excluding hydrogens is 433 g/mol. The van der Waals surface area contributed by atoms with E-state index in [1.54, 1.807) is 48.3 Å². The van der Waals surface area contributed by atoms with E-state index >= 15 is 0 Å². The molecule has 11 heteroatoms. The molecule has 0 radical (unpaired) electrons. The molecule has 0 N–H and O–H groups in total. The molecular formula is C20H16ClF3N6O. The quantitative estimate of drug-likeness (QED) is 0.472. The molecule has 31 heavy (non-hydrogen) atoms. The lowest BCUT2D eigenvalue weighted by Gasteiger charge is -2.15. The number of aryl methyl sites for hydroxylation is 1. The molecule has 0 spiro atoms. The smallest absolute Gasteiger partial charge is 0.334 e. The van der Waals surface area contributed by atoms with E-state index in [1.165, 1.54) is 18.0 Å². The number of aromatic nitrogens is 5. The summed E-state index contributed by atoms with van der Waals surface area (Å²) in [6, 6.07) is 10.2. The van der Waals surface area contributed by atoms with E-state index in [9.17, 15) is 18.0 Å². The highest BCUT2D eigenvalue weighted by atomic mass is 35.5. The molecule has 0 saturated heterocycles. The van der Waals surface area contributed by atoms with Crippen molar-refractivity contribution < 1.29 is 18.0 Å². The fourth-order valence-corrected chi connectivity index (χ4v) is 3.24. The molecule has 0 aliphatic carbocycles. The zero-order valence-electron chi connectivity index (χ0n) is 16.4. The largest absolute Gasteiger partial charge is 0.433 e. The predicted molar refractivity (Wildman–Crippen MR) is 107 cm³/mol. The van der Waals surface area contributed by atoms with Crippen LogP contribution in [0.3, 0.4) is 0 Å². The van der Waals surface area contributed by atoms with Gasteiger partial charge in [0, 0.05) is 36.9 Å². The Labute approximate surface area is 179 Å². The van der Waals surface area contributed by atoms with E-state index < -0.39 is 17.8 Å². The number of benzene rings is 1. The highest BCUT2D eigenvalue weighted by Crippen LogP contribution is 2.32.